The Hall–Kier alpha value is -7.63. The summed E-state index contributed by atoms with van der Waals surface area (Å²) in [6.45, 7) is 0. The van der Waals surface area contributed by atoms with Crippen LogP contribution in [0.15, 0.2) is 200 Å². The van der Waals surface area contributed by atoms with Crippen molar-refractivity contribution in [3.8, 4) is 56.4 Å². The normalized spacial score (nSPS) is 11.6. The Morgan fingerprint density at radius 1 is 0.321 bits per heavy atom. The smallest absolute Gasteiger partial charge is 0.160 e. The summed E-state index contributed by atoms with van der Waals surface area (Å²) < 4.78 is 4.70. The van der Waals surface area contributed by atoms with E-state index >= 15 is 0 Å². The molecule has 0 aliphatic heterocycles. The minimum Gasteiger partial charge on any atom is -0.309 e. The van der Waals surface area contributed by atoms with E-state index in [4.69, 9.17) is 15.0 Å². The average Bonchev–Trinajstić information content (AvgIpc) is 3.79. The fraction of sp³-hybridized carbons (Fsp3) is 0. The molecule has 0 atom stereocenters. The number of pyridine rings is 1. The topological polar surface area (TPSA) is 48.5 Å². The average molecular weight is 716 g/mol. The van der Waals surface area contributed by atoms with Crippen LogP contribution < -0.4 is 0 Å². The fourth-order valence-electron chi connectivity index (χ4n) is 8.14. The number of para-hydroxylation sites is 2. The van der Waals surface area contributed by atoms with E-state index in [0.717, 1.165) is 83.5 Å². The van der Waals surface area contributed by atoms with Gasteiger partial charge in [0.2, 0.25) is 0 Å². The van der Waals surface area contributed by atoms with E-state index in [-0.39, 0.29) is 0 Å². The molecule has 11 rings (SSSR count). The van der Waals surface area contributed by atoms with Gasteiger partial charge in [-0.1, -0.05) is 127 Å². The lowest BCUT2D eigenvalue weighted by Crippen LogP contribution is -1.97. The van der Waals surface area contributed by atoms with Gasteiger partial charge in [-0.3, -0.25) is 4.98 Å². The molecule has 5 nitrogen and oxygen atoms in total. The molecule has 0 fully saturated rings. The summed E-state index contributed by atoms with van der Waals surface area (Å²) >= 11 is 0. The van der Waals surface area contributed by atoms with Gasteiger partial charge in [0, 0.05) is 50.4 Å². The fourth-order valence-corrected chi connectivity index (χ4v) is 8.14. The highest BCUT2D eigenvalue weighted by Crippen LogP contribution is 2.38. The van der Waals surface area contributed by atoms with E-state index in [2.05, 4.69) is 161 Å². The quantitative estimate of drug-likeness (QED) is 0.172. The van der Waals surface area contributed by atoms with Gasteiger partial charge >= 0.3 is 0 Å². The van der Waals surface area contributed by atoms with Crippen molar-refractivity contribution in [1.82, 2.24) is 24.1 Å². The van der Waals surface area contributed by atoms with E-state index in [1.807, 2.05) is 48.7 Å². The molecular weight excluding hydrogens is 683 g/mol. The van der Waals surface area contributed by atoms with Crippen LogP contribution in [0.4, 0.5) is 0 Å². The van der Waals surface area contributed by atoms with Gasteiger partial charge in [0.05, 0.1) is 39.0 Å². The first-order chi connectivity index (χ1) is 27.8. The lowest BCUT2D eigenvalue weighted by Gasteiger charge is -2.12. The summed E-state index contributed by atoms with van der Waals surface area (Å²) in [7, 11) is 0. The van der Waals surface area contributed by atoms with E-state index in [1.54, 1.807) is 0 Å². The van der Waals surface area contributed by atoms with Crippen molar-refractivity contribution in [3.63, 3.8) is 0 Å². The van der Waals surface area contributed by atoms with Crippen LogP contribution in [0.5, 0.6) is 0 Å². The highest BCUT2D eigenvalue weighted by atomic mass is 15.0. The first-order valence-electron chi connectivity index (χ1n) is 18.9. The number of fused-ring (bicyclic) bond motifs is 6. The first kappa shape index (κ1) is 31.9. The molecule has 5 heteroatoms. The minimum absolute atomic E-state index is 0.708. The number of aromatic nitrogens is 5. The van der Waals surface area contributed by atoms with Gasteiger partial charge in [0.25, 0.3) is 0 Å². The highest BCUT2D eigenvalue weighted by Gasteiger charge is 2.17. The van der Waals surface area contributed by atoms with Crippen LogP contribution in [0.2, 0.25) is 0 Å². The molecule has 0 saturated heterocycles. The van der Waals surface area contributed by atoms with Crippen molar-refractivity contribution in [2.45, 2.75) is 0 Å². The van der Waals surface area contributed by atoms with Crippen molar-refractivity contribution in [2.75, 3.05) is 0 Å². The summed E-state index contributed by atoms with van der Waals surface area (Å²) in [5.41, 5.74) is 14.9. The zero-order valence-corrected chi connectivity index (χ0v) is 30.3. The summed E-state index contributed by atoms with van der Waals surface area (Å²) in [5, 5.41) is 3.58. The Labute approximate surface area is 323 Å². The van der Waals surface area contributed by atoms with E-state index in [1.165, 1.54) is 10.8 Å². The van der Waals surface area contributed by atoms with Gasteiger partial charge in [-0.15, -0.1) is 0 Å². The molecule has 0 radical (unpaired) electrons. The first-order valence-corrected chi connectivity index (χ1v) is 18.9. The van der Waals surface area contributed by atoms with Gasteiger partial charge in [0.15, 0.2) is 5.82 Å². The molecule has 4 aromatic heterocycles. The number of hydrogen-bond acceptors (Lipinski definition) is 3. The second-order valence-electron chi connectivity index (χ2n) is 14.1. The Morgan fingerprint density at radius 2 is 0.821 bits per heavy atom. The molecule has 0 saturated carbocycles. The summed E-state index contributed by atoms with van der Waals surface area (Å²) in [5.74, 6) is 0.708. The second kappa shape index (κ2) is 13.0. The Bertz CT molecular complexity index is 3160. The predicted octanol–water partition coefficient (Wildman–Crippen LogP) is 12.7. The largest absolute Gasteiger partial charge is 0.309 e. The molecule has 7 aromatic carbocycles. The van der Waals surface area contributed by atoms with Crippen molar-refractivity contribution >= 4 is 43.7 Å². The van der Waals surface area contributed by atoms with Crippen molar-refractivity contribution in [1.29, 1.82) is 0 Å². The Balaban J connectivity index is 1.04. The Kier molecular flexibility index (Phi) is 7.42. The Morgan fingerprint density at radius 3 is 1.54 bits per heavy atom. The van der Waals surface area contributed by atoms with Gasteiger partial charge in [-0.05, 0) is 77.9 Å². The van der Waals surface area contributed by atoms with Crippen molar-refractivity contribution in [3.05, 3.63) is 200 Å². The maximum Gasteiger partial charge on any atom is 0.160 e. The molecule has 56 heavy (non-hydrogen) atoms. The molecule has 0 N–H and O–H groups in total. The molecule has 262 valence electrons. The maximum absolute atomic E-state index is 5.07. The SMILES string of the molecule is c1ccc(-c2cc(-c3ccc(-n4c5ccccc5c5ccc(-c6ccc7c8ncccc8n(-c8ccccc8)c7c6)cc54)cc3)nc(-c3ccccc3)n2)cc1. The number of rotatable bonds is 6. The molecule has 4 heterocycles. The maximum atomic E-state index is 5.07. The standard InChI is InChI=1S/C51H33N5/c1-4-13-34(14-5-1)44-33-45(54-51(53-44)36-15-6-2-7-16-36)35-22-26-40(27-23-35)55-46-20-11-10-19-41(46)42-28-24-37(31-48(42)55)38-25-29-43-49(32-38)56(39-17-8-3-9-18-39)47-21-12-30-52-50(43)47/h1-33H. The van der Waals surface area contributed by atoms with E-state index < -0.39 is 0 Å². The van der Waals surface area contributed by atoms with Crippen LogP contribution in [0.1, 0.15) is 0 Å². The summed E-state index contributed by atoms with van der Waals surface area (Å²) in [6, 6.07) is 68.4. The monoisotopic (exact) mass is 715 g/mol. The molecule has 0 aliphatic rings. The summed E-state index contributed by atoms with van der Waals surface area (Å²) in [6.07, 6.45) is 1.88. The van der Waals surface area contributed by atoms with E-state index in [0.29, 0.717) is 5.82 Å². The second-order valence-corrected chi connectivity index (χ2v) is 14.1. The van der Waals surface area contributed by atoms with Gasteiger partial charge in [-0.25, -0.2) is 9.97 Å². The van der Waals surface area contributed by atoms with Crippen molar-refractivity contribution in [2.24, 2.45) is 0 Å². The van der Waals surface area contributed by atoms with Crippen LogP contribution >= 0.6 is 0 Å². The zero-order chi connectivity index (χ0) is 37.0. The van der Waals surface area contributed by atoms with Crippen LogP contribution in [-0.2, 0) is 0 Å². The zero-order valence-electron chi connectivity index (χ0n) is 30.3. The highest BCUT2D eigenvalue weighted by molar-refractivity contribution is 6.11. The number of benzene rings is 7. The molecule has 0 amide bonds. The molecule has 0 spiro atoms. The number of hydrogen-bond donors (Lipinski definition) is 0. The lowest BCUT2D eigenvalue weighted by atomic mass is 10.0. The molecular formula is C51H33N5. The van der Waals surface area contributed by atoms with E-state index in [9.17, 15) is 0 Å². The van der Waals surface area contributed by atoms with Gasteiger partial charge in [-0.2, -0.15) is 0 Å². The van der Waals surface area contributed by atoms with Crippen LogP contribution in [-0.4, -0.2) is 24.1 Å². The third kappa shape index (κ3) is 5.29. The van der Waals surface area contributed by atoms with Crippen LogP contribution in [0.3, 0.4) is 0 Å². The predicted molar refractivity (Wildman–Crippen MR) is 230 cm³/mol. The minimum atomic E-state index is 0.708. The van der Waals surface area contributed by atoms with Gasteiger partial charge in [0.1, 0.15) is 0 Å². The number of nitrogens with zero attached hydrogens (tertiary/aromatic N) is 5. The van der Waals surface area contributed by atoms with Gasteiger partial charge < -0.3 is 9.13 Å². The molecule has 0 aliphatic carbocycles. The van der Waals surface area contributed by atoms with Crippen LogP contribution in [0, 0.1) is 0 Å². The van der Waals surface area contributed by atoms with Crippen LogP contribution in [0.25, 0.3) is 100 Å². The lowest BCUT2D eigenvalue weighted by molar-refractivity contribution is 1.17. The third-order valence-corrected chi connectivity index (χ3v) is 10.8. The molecule has 11 aromatic rings. The summed E-state index contributed by atoms with van der Waals surface area (Å²) in [4.78, 5) is 14.9. The third-order valence-electron chi connectivity index (χ3n) is 10.8. The molecule has 0 unspecified atom stereocenters. The van der Waals surface area contributed by atoms with Crippen molar-refractivity contribution < 1.29 is 0 Å². The molecule has 0 bridgehead atoms.